The third-order valence-corrected chi connectivity index (χ3v) is 6.08. The van der Waals surface area contributed by atoms with E-state index in [9.17, 15) is 13.5 Å². The molecule has 0 bridgehead atoms. The molecule has 0 spiro atoms. The lowest BCUT2D eigenvalue weighted by molar-refractivity contribution is 0.0126. The van der Waals surface area contributed by atoms with Gasteiger partial charge in [0.15, 0.2) is 0 Å². The Balaban J connectivity index is 2.34. The fourth-order valence-corrected chi connectivity index (χ4v) is 4.20. The number of aryl methyl sites for hydroxylation is 1. The molecule has 0 unspecified atom stereocenters. The smallest absolute Gasteiger partial charge is 0.243 e. The Kier molecular flexibility index (Phi) is 4.03. The van der Waals surface area contributed by atoms with Crippen molar-refractivity contribution < 1.29 is 13.5 Å². The minimum absolute atomic E-state index is 0.181. The van der Waals surface area contributed by atoms with E-state index < -0.39 is 15.6 Å². The Morgan fingerprint density at radius 1 is 1.35 bits per heavy atom. The average Bonchev–Trinajstić information content (AvgIpc) is 2.33. The van der Waals surface area contributed by atoms with E-state index in [2.05, 4.69) is 0 Å². The molecule has 5 nitrogen and oxygen atoms in total. The molecule has 1 aliphatic rings. The van der Waals surface area contributed by atoms with Crippen molar-refractivity contribution in [1.82, 2.24) is 4.31 Å². The maximum atomic E-state index is 12.6. The summed E-state index contributed by atoms with van der Waals surface area (Å²) in [5.74, 6) is 0. The van der Waals surface area contributed by atoms with Gasteiger partial charge in [0.1, 0.15) is 0 Å². The van der Waals surface area contributed by atoms with Gasteiger partial charge in [-0.15, -0.1) is 0 Å². The SMILES string of the molecule is Cc1cc(Cl)c(N)cc1S(=O)(=O)N1CCC(C)(O)CC1. The van der Waals surface area contributed by atoms with Crippen LogP contribution in [0.5, 0.6) is 0 Å². The average molecular weight is 319 g/mol. The summed E-state index contributed by atoms with van der Waals surface area (Å²) in [6, 6.07) is 2.96. The Morgan fingerprint density at radius 3 is 2.45 bits per heavy atom. The molecule has 0 atom stereocenters. The fourth-order valence-electron chi connectivity index (χ4n) is 2.29. The van der Waals surface area contributed by atoms with E-state index in [1.807, 2.05) is 0 Å². The summed E-state index contributed by atoms with van der Waals surface area (Å²) in [6.45, 7) is 4.02. The number of piperidine rings is 1. The highest BCUT2D eigenvalue weighted by Gasteiger charge is 2.34. The minimum Gasteiger partial charge on any atom is -0.397 e. The quantitative estimate of drug-likeness (QED) is 0.814. The lowest BCUT2D eigenvalue weighted by atomic mass is 9.95. The summed E-state index contributed by atoms with van der Waals surface area (Å²) in [5.41, 5.74) is 5.73. The Labute approximate surface area is 124 Å². The van der Waals surface area contributed by atoms with E-state index >= 15 is 0 Å². The highest BCUT2D eigenvalue weighted by atomic mass is 35.5. The number of anilines is 1. The molecule has 1 fully saturated rings. The van der Waals surface area contributed by atoms with E-state index in [0.717, 1.165) is 0 Å². The van der Waals surface area contributed by atoms with Crippen molar-refractivity contribution in [1.29, 1.82) is 0 Å². The highest BCUT2D eigenvalue weighted by Crippen LogP contribution is 2.31. The number of hydrogen-bond donors (Lipinski definition) is 2. The maximum Gasteiger partial charge on any atom is 0.243 e. The second-order valence-corrected chi connectivity index (χ2v) is 7.85. The summed E-state index contributed by atoms with van der Waals surface area (Å²) in [5, 5.41) is 10.3. The lowest BCUT2D eigenvalue weighted by Gasteiger charge is -2.35. The highest BCUT2D eigenvalue weighted by molar-refractivity contribution is 7.89. The molecular formula is C13H19ClN2O3S. The van der Waals surface area contributed by atoms with Crippen LogP contribution in [0.25, 0.3) is 0 Å². The number of halogens is 1. The van der Waals surface area contributed by atoms with E-state index in [1.54, 1.807) is 19.9 Å². The van der Waals surface area contributed by atoms with Crippen molar-refractivity contribution in [2.24, 2.45) is 0 Å². The van der Waals surface area contributed by atoms with Gasteiger partial charge < -0.3 is 10.8 Å². The molecule has 0 amide bonds. The van der Waals surface area contributed by atoms with Crippen LogP contribution in [0.2, 0.25) is 5.02 Å². The van der Waals surface area contributed by atoms with Gasteiger partial charge in [0.25, 0.3) is 0 Å². The monoisotopic (exact) mass is 318 g/mol. The van der Waals surface area contributed by atoms with Crippen molar-refractivity contribution in [3.05, 3.63) is 22.7 Å². The zero-order chi connectivity index (χ0) is 15.1. The summed E-state index contributed by atoms with van der Waals surface area (Å²) in [4.78, 5) is 0.181. The Hall–Kier alpha value is -0.820. The zero-order valence-corrected chi connectivity index (χ0v) is 13.1. The predicted molar refractivity (Wildman–Crippen MR) is 79.2 cm³/mol. The van der Waals surface area contributed by atoms with Gasteiger partial charge in [0, 0.05) is 13.1 Å². The second kappa shape index (κ2) is 5.18. The molecule has 112 valence electrons. The third kappa shape index (κ3) is 2.93. The number of nitrogens with zero attached hydrogens (tertiary/aromatic N) is 1. The normalized spacial score (nSPS) is 20.0. The molecule has 0 aromatic heterocycles. The molecule has 1 saturated heterocycles. The molecule has 1 aromatic rings. The number of hydrogen-bond acceptors (Lipinski definition) is 4. The maximum absolute atomic E-state index is 12.6. The minimum atomic E-state index is -3.60. The van der Waals surface area contributed by atoms with Crippen LogP contribution in [0.4, 0.5) is 5.69 Å². The van der Waals surface area contributed by atoms with Crippen LogP contribution in [-0.4, -0.2) is 36.5 Å². The lowest BCUT2D eigenvalue weighted by Crippen LogP contribution is -2.45. The molecule has 0 saturated carbocycles. The van der Waals surface area contributed by atoms with E-state index in [1.165, 1.54) is 10.4 Å². The van der Waals surface area contributed by atoms with Crippen LogP contribution in [0.1, 0.15) is 25.3 Å². The first kappa shape index (κ1) is 15.6. The number of nitrogens with two attached hydrogens (primary N) is 1. The van der Waals surface area contributed by atoms with E-state index in [4.69, 9.17) is 17.3 Å². The molecule has 1 aromatic carbocycles. The molecule has 1 aliphatic heterocycles. The summed E-state index contributed by atoms with van der Waals surface area (Å²) in [7, 11) is -3.60. The van der Waals surface area contributed by atoms with Crippen LogP contribution in [0.3, 0.4) is 0 Å². The van der Waals surface area contributed by atoms with Gasteiger partial charge in [-0.25, -0.2) is 8.42 Å². The molecule has 3 N–H and O–H groups in total. The molecular weight excluding hydrogens is 300 g/mol. The van der Waals surface area contributed by atoms with Gasteiger partial charge in [-0.3, -0.25) is 0 Å². The zero-order valence-electron chi connectivity index (χ0n) is 11.6. The number of benzene rings is 1. The molecule has 7 heteroatoms. The van der Waals surface area contributed by atoms with Gasteiger partial charge >= 0.3 is 0 Å². The predicted octanol–water partition coefficient (Wildman–Crippen LogP) is 1.77. The van der Waals surface area contributed by atoms with Gasteiger partial charge in [-0.1, -0.05) is 11.6 Å². The first-order valence-electron chi connectivity index (χ1n) is 6.42. The summed E-state index contributed by atoms with van der Waals surface area (Å²) < 4.78 is 26.6. The van der Waals surface area contributed by atoms with Crippen LogP contribution in [-0.2, 0) is 10.0 Å². The number of sulfonamides is 1. The molecule has 0 aliphatic carbocycles. The third-order valence-electron chi connectivity index (χ3n) is 3.71. The molecule has 2 rings (SSSR count). The van der Waals surface area contributed by atoms with E-state index in [-0.39, 0.29) is 10.6 Å². The van der Waals surface area contributed by atoms with Gasteiger partial charge in [0.05, 0.1) is 21.2 Å². The fraction of sp³-hybridized carbons (Fsp3) is 0.538. The summed E-state index contributed by atoms with van der Waals surface area (Å²) in [6.07, 6.45) is 0.850. The number of rotatable bonds is 2. The largest absolute Gasteiger partial charge is 0.397 e. The van der Waals surface area contributed by atoms with Gasteiger partial charge in [-0.05, 0) is 44.4 Å². The van der Waals surface area contributed by atoms with Crippen molar-refractivity contribution in [3.8, 4) is 0 Å². The van der Waals surface area contributed by atoms with Crippen LogP contribution in [0.15, 0.2) is 17.0 Å². The van der Waals surface area contributed by atoms with Crippen LogP contribution >= 0.6 is 11.6 Å². The van der Waals surface area contributed by atoms with E-state index in [0.29, 0.717) is 36.5 Å². The van der Waals surface area contributed by atoms with Gasteiger partial charge in [0.2, 0.25) is 10.0 Å². The molecule has 1 heterocycles. The first-order valence-corrected chi connectivity index (χ1v) is 8.23. The Bertz CT molecular complexity index is 619. The number of aliphatic hydroxyl groups is 1. The Morgan fingerprint density at radius 2 is 1.90 bits per heavy atom. The second-order valence-electron chi connectivity index (χ2n) is 5.54. The van der Waals surface area contributed by atoms with Crippen LogP contribution < -0.4 is 5.73 Å². The van der Waals surface area contributed by atoms with Crippen molar-refractivity contribution in [2.75, 3.05) is 18.8 Å². The molecule has 20 heavy (non-hydrogen) atoms. The topological polar surface area (TPSA) is 83.6 Å². The van der Waals surface area contributed by atoms with Gasteiger partial charge in [-0.2, -0.15) is 4.31 Å². The van der Waals surface area contributed by atoms with Crippen molar-refractivity contribution in [2.45, 2.75) is 37.2 Å². The standard InChI is InChI=1S/C13H19ClN2O3S/c1-9-7-10(14)11(15)8-12(9)20(18,19)16-5-3-13(2,17)4-6-16/h7-8,17H,3-6,15H2,1-2H3. The molecule has 0 radical (unpaired) electrons. The first-order chi connectivity index (χ1) is 9.13. The van der Waals surface area contributed by atoms with Crippen molar-refractivity contribution in [3.63, 3.8) is 0 Å². The van der Waals surface area contributed by atoms with Crippen molar-refractivity contribution >= 4 is 27.3 Å². The summed E-state index contributed by atoms with van der Waals surface area (Å²) >= 11 is 5.89. The van der Waals surface area contributed by atoms with Crippen LogP contribution in [0, 0.1) is 6.92 Å². The number of nitrogen functional groups attached to an aromatic ring is 1.